The fourth-order valence-electron chi connectivity index (χ4n) is 1.89. The van der Waals surface area contributed by atoms with Crippen molar-refractivity contribution in [2.24, 2.45) is 5.84 Å². The Hall–Kier alpha value is -0.860. The van der Waals surface area contributed by atoms with Crippen LogP contribution in [0.4, 0.5) is 0 Å². The maximum Gasteiger partial charge on any atom is 0.0166 e. The summed E-state index contributed by atoms with van der Waals surface area (Å²) in [5.41, 5.74) is 5.53. The molecule has 0 saturated heterocycles. The van der Waals surface area contributed by atoms with Crippen molar-refractivity contribution in [2.75, 3.05) is 13.6 Å². The Labute approximate surface area is 86.7 Å². The molecule has 0 heterocycles. The van der Waals surface area contributed by atoms with Crippen molar-refractivity contribution in [3.63, 3.8) is 0 Å². The smallest absolute Gasteiger partial charge is 0.0166 e. The van der Waals surface area contributed by atoms with E-state index in [1.165, 1.54) is 22.3 Å². The van der Waals surface area contributed by atoms with Gasteiger partial charge >= 0.3 is 0 Å². The van der Waals surface area contributed by atoms with Crippen LogP contribution in [0.25, 0.3) is 0 Å². The molecular weight excluding hydrogens is 172 g/mol. The number of likely N-dealkylation sites (N-methyl/N-ethyl adjacent to an activating group) is 1. The summed E-state index contributed by atoms with van der Waals surface area (Å²) in [7, 11) is 1.90. The summed E-state index contributed by atoms with van der Waals surface area (Å²) in [5.74, 6) is 5.60. The summed E-state index contributed by atoms with van der Waals surface area (Å²) in [5, 5.41) is 1.73. The van der Waals surface area contributed by atoms with Crippen LogP contribution in [0.3, 0.4) is 0 Å². The summed E-state index contributed by atoms with van der Waals surface area (Å²) < 4.78 is 0. The highest BCUT2D eigenvalue weighted by molar-refractivity contribution is 5.37. The molecule has 78 valence electrons. The average molecular weight is 192 g/mol. The molecule has 1 aromatic rings. The highest BCUT2D eigenvalue weighted by atomic mass is 15.4. The van der Waals surface area contributed by atoms with E-state index in [4.69, 9.17) is 5.84 Å². The third kappa shape index (κ3) is 2.82. The van der Waals surface area contributed by atoms with Gasteiger partial charge in [-0.2, -0.15) is 0 Å². The number of nitrogens with zero attached hydrogens (tertiary/aromatic N) is 1. The van der Waals surface area contributed by atoms with Gasteiger partial charge in [0.2, 0.25) is 0 Å². The third-order valence-electron chi connectivity index (χ3n) is 2.55. The summed E-state index contributed by atoms with van der Waals surface area (Å²) in [6.07, 6.45) is 1.03. The van der Waals surface area contributed by atoms with Gasteiger partial charge in [0.25, 0.3) is 0 Å². The Morgan fingerprint density at radius 1 is 1.14 bits per heavy atom. The zero-order chi connectivity index (χ0) is 10.7. The summed E-state index contributed by atoms with van der Waals surface area (Å²) >= 11 is 0. The van der Waals surface area contributed by atoms with E-state index in [-0.39, 0.29) is 0 Å². The molecule has 1 aromatic carbocycles. The molecule has 0 unspecified atom stereocenters. The minimum Gasteiger partial charge on any atom is -0.269 e. The fourth-order valence-corrected chi connectivity index (χ4v) is 1.89. The Bertz CT molecular complexity index is 293. The normalized spacial score (nSPS) is 11.0. The number of nitrogens with two attached hydrogens (primary N) is 1. The first-order chi connectivity index (χ1) is 6.50. The molecule has 0 radical (unpaired) electrons. The number of aryl methyl sites for hydroxylation is 3. The standard InChI is InChI=1S/C12H20N2/c1-9-7-10(2)12(11(3)8-9)5-6-14(4)13/h7-8H,5-6,13H2,1-4H3. The van der Waals surface area contributed by atoms with Gasteiger partial charge in [0, 0.05) is 13.6 Å². The maximum absolute atomic E-state index is 5.60. The number of benzene rings is 1. The first kappa shape index (κ1) is 11.2. The van der Waals surface area contributed by atoms with Crippen molar-refractivity contribution in [1.29, 1.82) is 0 Å². The van der Waals surface area contributed by atoms with Gasteiger partial charge in [-0.3, -0.25) is 5.84 Å². The number of hydrogen-bond donors (Lipinski definition) is 1. The van der Waals surface area contributed by atoms with E-state index >= 15 is 0 Å². The second-order valence-electron chi connectivity index (χ2n) is 4.11. The lowest BCUT2D eigenvalue weighted by molar-refractivity contribution is 0.353. The molecule has 0 spiro atoms. The predicted octanol–water partition coefficient (Wildman–Crippen LogP) is 1.96. The molecule has 0 aliphatic rings. The lowest BCUT2D eigenvalue weighted by Crippen LogP contribution is -2.28. The van der Waals surface area contributed by atoms with E-state index in [1.54, 1.807) is 5.01 Å². The monoisotopic (exact) mass is 192 g/mol. The fraction of sp³-hybridized carbons (Fsp3) is 0.500. The molecule has 0 amide bonds. The van der Waals surface area contributed by atoms with E-state index < -0.39 is 0 Å². The molecule has 0 aromatic heterocycles. The van der Waals surface area contributed by atoms with E-state index in [9.17, 15) is 0 Å². The van der Waals surface area contributed by atoms with Crippen LogP contribution in [0.1, 0.15) is 22.3 Å². The minimum atomic E-state index is 0.907. The second-order valence-corrected chi connectivity index (χ2v) is 4.11. The predicted molar refractivity (Wildman–Crippen MR) is 61.2 cm³/mol. The molecule has 0 bridgehead atoms. The van der Waals surface area contributed by atoms with Crippen molar-refractivity contribution < 1.29 is 0 Å². The largest absolute Gasteiger partial charge is 0.269 e. The van der Waals surface area contributed by atoms with Crippen LogP contribution in [0.2, 0.25) is 0 Å². The van der Waals surface area contributed by atoms with Gasteiger partial charge in [0.15, 0.2) is 0 Å². The molecule has 1 rings (SSSR count). The van der Waals surface area contributed by atoms with Crippen LogP contribution in [-0.4, -0.2) is 18.6 Å². The zero-order valence-electron chi connectivity index (χ0n) is 9.59. The molecule has 2 N–H and O–H groups in total. The molecule has 0 aliphatic carbocycles. The number of rotatable bonds is 3. The molecule has 0 aliphatic heterocycles. The first-order valence-electron chi connectivity index (χ1n) is 5.03. The number of hydrogen-bond acceptors (Lipinski definition) is 2. The number of hydrazine groups is 1. The highest BCUT2D eigenvalue weighted by Gasteiger charge is 2.03. The topological polar surface area (TPSA) is 29.3 Å². The lowest BCUT2D eigenvalue weighted by atomic mass is 9.97. The third-order valence-corrected chi connectivity index (χ3v) is 2.55. The van der Waals surface area contributed by atoms with Gasteiger partial charge in [-0.25, -0.2) is 5.01 Å². The minimum absolute atomic E-state index is 0.907. The van der Waals surface area contributed by atoms with Crippen molar-refractivity contribution in [3.8, 4) is 0 Å². The van der Waals surface area contributed by atoms with Gasteiger partial charge in [-0.1, -0.05) is 17.7 Å². The van der Waals surface area contributed by atoms with Crippen molar-refractivity contribution in [2.45, 2.75) is 27.2 Å². The van der Waals surface area contributed by atoms with Crippen LogP contribution in [0.5, 0.6) is 0 Å². The molecule has 2 nitrogen and oxygen atoms in total. The van der Waals surface area contributed by atoms with Crippen LogP contribution >= 0.6 is 0 Å². The molecule has 2 heteroatoms. The van der Waals surface area contributed by atoms with Crippen molar-refractivity contribution in [1.82, 2.24) is 5.01 Å². The van der Waals surface area contributed by atoms with E-state index in [0.29, 0.717) is 0 Å². The van der Waals surface area contributed by atoms with Gasteiger partial charge in [-0.15, -0.1) is 0 Å². The molecule has 0 atom stereocenters. The Kier molecular flexibility index (Phi) is 3.67. The molecule has 0 saturated carbocycles. The Balaban J connectivity index is 2.86. The maximum atomic E-state index is 5.60. The zero-order valence-corrected chi connectivity index (χ0v) is 9.59. The van der Waals surface area contributed by atoms with Crippen LogP contribution in [0.15, 0.2) is 12.1 Å². The summed E-state index contributed by atoms with van der Waals surface area (Å²) in [6, 6.07) is 4.47. The van der Waals surface area contributed by atoms with E-state index in [0.717, 1.165) is 13.0 Å². The van der Waals surface area contributed by atoms with E-state index in [2.05, 4.69) is 32.9 Å². The molecule has 14 heavy (non-hydrogen) atoms. The van der Waals surface area contributed by atoms with Crippen molar-refractivity contribution in [3.05, 3.63) is 34.4 Å². The van der Waals surface area contributed by atoms with Gasteiger partial charge < -0.3 is 0 Å². The first-order valence-corrected chi connectivity index (χ1v) is 5.03. The van der Waals surface area contributed by atoms with Gasteiger partial charge in [0.1, 0.15) is 0 Å². The molecular formula is C12H20N2. The van der Waals surface area contributed by atoms with Crippen LogP contribution in [0, 0.1) is 20.8 Å². The molecule has 0 fully saturated rings. The average Bonchev–Trinajstić information content (AvgIpc) is 2.01. The van der Waals surface area contributed by atoms with Crippen molar-refractivity contribution >= 4 is 0 Å². The highest BCUT2D eigenvalue weighted by Crippen LogP contribution is 2.16. The van der Waals surface area contributed by atoms with Gasteiger partial charge in [0.05, 0.1) is 0 Å². The lowest BCUT2D eigenvalue weighted by Gasteiger charge is -2.14. The summed E-state index contributed by atoms with van der Waals surface area (Å²) in [4.78, 5) is 0. The van der Waals surface area contributed by atoms with Crippen LogP contribution < -0.4 is 5.84 Å². The quantitative estimate of drug-likeness (QED) is 0.586. The van der Waals surface area contributed by atoms with Gasteiger partial charge in [-0.05, 0) is 43.9 Å². The second kappa shape index (κ2) is 4.58. The summed E-state index contributed by atoms with van der Waals surface area (Å²) in [6.45, 7) is 7.39. The SMILES string of the molecule is Cc1cc(C)c(CCN(C)N)c(C)c1. The Morgan fingerprint density at radius 3 is 2.07 bits per heavy atom. The van der Waals surface area contributed by atoms with Crippen LogP contribution in [-0.2, 0) is 6.42 Å². The Morgan fingerprint density at radius 2 is 1.64 bits per heavy atom. The van der Waals surface area contributed by atoms with E-state index in [1.807, 2.05) is 7.05 Å².